The van der Waals surface area contributed by atoms with Crippen molar-refractivity contribution in [2.45, 2.75) is 26.3 Å². The maximum absolute atomic E-state index is 11.1. The standard InChI is InChI=1S/C13H20N2O/c1-10(16)11-5-7-12(8-6-11)15-13(2,3)9-14-4/h5-8,14-15H,9H2,1-4H3. The quantitative estimate of drug-likeness (QED) is 0.748. The summed E-state index contributed by atoms with van der Waals surface area (Å²) in [6.07, 6.45) is 0. The zero-order valence-electron chi connectivity index (χ0n) is 10.4. The van der Waals surface area contributed by atoms with Gasteiger partial charge in [-0.25, -0.2) is 0 Å². The summed E-state index contributed by atoms with van der Waals surface area (Å²) in [5, 5.41) is 6.55. The number of carbonyl (C=O) groups is 1. The molecule has 0 saturated heterocycles. The Morgan fingerprint density at radius 2 is 1.81 bits per heavy atom. The molecule has 2 N–H and O–H groups in total. The molecule has 0 saturated carbocycles. The number of Topliss-reactive ketones (excluding diaryl/α,β-unsaturated/α-hetero) is 1. The average molecular weight is 220 g/mol. The van der Waals surface area contributed by atoms with Crippen LogP contribution >= 0.6 is 0 Å². The van der Waals surface area contributed by atoms with E-state index in [0.717, 1.165) is 17.8 Å². The molecule has 0 unspecified atom stereocenters. The van der Waals surface area contributed by atoms with Crippen molar-refractivity contribution in [3.8, 4) is 0 Å². The predicted molar refractivity (Wildman–Crippen MR) is 68.1 cm³/mol. The van der Waals surface area contributed by atoms with Crippen molar-refractivity contribution in [1.82, 2.24) is 5.32 Å². The summed E-state index contributed by atoms with van der Waals surface area (Å²) in [6, 6.07) is 7.57. The molecule has 1 rings (SSSR count). The van der Waals surface area contributed by atoms with Gasteiger partial charge in [0.25, 0.3) is 0 Å². The van der Waals surface area contributed by atoms with E-state index >= 15 is 0 Å². The third kappa shape index (κ3) is 3.66. The van der Waals surface area contributed by atoms with Gasteiger partial charge >= 0.3 is 0 Å². The summed E-state index contributed by atoms with van der Waals surface area (Å²) in [6.45, 7) is 6.71. The first-order valence-corrected chi connectivity index (χ1v) is 5.48. The summed E-state index contributed by atoms with van der Waals surface area (Å²) < 4.78 is 0. The van der Waals surface area contributed by atoms with E-state index in [9.17, 15) is 4.79 Å². The highest BCUT2D eigenvalue weighted by Crippen LogP contribution is 2.15. The van der Waals surface area contributed by atoms with E-state index < -0.39 is 0 Å². The highest BCUT2D eigenvalue weighted by atomic mass is 16.1. The van der Waals surface area contributed by atoms with Gasteiger partial charge < -0.3 is 10.6 Å². The minimum absolute atomic E-state index is 0.00745. The molecule has 0 spiro atoms. The summed E-state index contributed by atoms with van der Waals surface area (Å²) >= 11 is 0. The van der Waals surface area contributed by atoms with E-state index in [1.54, 1.807) is 6.92 Å². The fraction of sp³-hybridized carbons (Fsp3) is 0.462. The van der Waals surface area contributed by atoms with Crippen LogP contribution in [0.4, 0.5) is 5.69 Å². The van der Waals surface area contributed by atoms with Crippen LogP contribution in [0.2, 0.25) is 0 Å². The van der Waals surface area contributed by atoms with Crippen molar-refractivity contribution in [3.63, 3.8) is 0 Å². The van der Waals surface area contributed by atoms with Crippen molar-refractivity contribution >= 4 is 11.5 Å². The smallest absolute Gasteiger partial charge is 0.159 e. The van der Waals surface area contributed by atoms with Crippen molar-refractivity contribution in [1.29, 1.82) is 0 Å². The molecule has 0 amide bonds. The lowest BCUT2D eigenvalue weighted by Crippen LogP contribution is -2.40. The maximum atomic E-state index is 11.1. The van der Waals surface area contributed by atoms with Crippen LogP contribution in [0, 0.1) is 0 Å². The number of rotatable bonds is 5. The molecular weight excluding hydrogens is 200 g/mol. The van der Waals surface area contributed by atoms with E-state index in [0.29, 0.717) is 0 Å². The monoisotopic (exact) mass is 220 g/mol. The van der Waals surface area contributed by atoms with E-state index in [-0.39, 0.29) is 11.3 Å². The minimum atomic E-state index is -0.00745. The highest BCUT2D eigenvalue weighted by molar-refractivity contribution is 5.94. The molecule has 0 bridgehead atoms. The zero-order chi connectivity index (χ0) is 12.2. The predicted octanol–water partition coefficient (Wildman–Crippen LogP) is 2.30. The Balaban J connectivity index is 2.72. The summed E-state index contributed by atoms with van der Waals surface area (Å²) in [5.74, 6) is 0.0982. The number of hydrogen-bond donors (Lipinski definition) is 2. The van der Waals surface area contributed by atoms with Crippen molar-refractivity contribution in [2.75, 3.05) is 18.9 Å². The second kappa shape index (κ2) is 5.12. The number of hydrogen-bond acceptors (Lipinski definition) is 3. The topological polar surface area (TPSA) is 41.1 Å². The number of likely N-dealkylation sites (N-methyl/N-ethyl adjacent to an activating group) is 1. The summed E-state index contributed by atoms with van der Waals surface area (Å²) in [4.78, 5) is 11.1. The van der Waals surface area contributed by atoms with E-state index in [1.165, 1.54) is 0 Å². The van der Waals surface area contributed by atoms with E-state index in [2.05, 4.69) is 24.5 Å². The van der Waals surface area contributed by atoms with Gasteiger partial charge in [0.1, 0.15) is 0 Å². The average Bonchev–Trinajstić information content (AvgIpc) is 2.17. The Morgan fingerprint density at radius 1 is 1.25 bits per heavy atom. The van der Waals surface area contributed by atoms with Gasteiger partial charge in [-0.3, -0.25) is 4.79 Å². The van der Waals surface area contributed by atoms with Gasteiger partial charge in [0.05, 0.1) is 0 Å². The molecule has 0 aliphatic rings. The molecule has 0 radical (unpaired) electrons. The first-order valence-electron chi connectivity index (χ1n) is 5.48. The fourth-order valence-electron chi connectivity index (χ4n) is 1.67. The molecule has 3 nitrogen and oxygen atoms in total. The molecule has 0 aliphatic heterocycles. The Hall–Kier alpha value is -1.35. The normalized spacial score (nSPS) is 11.2. The Morgan fingerprint density at radius 3 is 2.25 bits per heavy atom. The lowest BCUT2D eigenvalue weighted by atomic mass is 10.0. The zero-order valence-corrected chi connectivity index (χ0v) is 10.4. The van der Waals surface area contributed by atoms with Gasteiger partial charge in [0.2, 0.25) is 0 Å². The molecule has 88 valence electrons. The Kier molecular flexibility index (Phi) is 4.07. The van der Waals surface area contributed by atoms with Gasteiger partial charge in [0, 0.05) is 23.3 Å². The minimum Gasteiger partial charge on any atom is -0.379 e. The lowest BCUT2D eigenvalue weighted by Gasteiger charge is -2.27. The molecular formula is C13H20N2O. The number of anilines is 1. The third-order valence-electron chi connectivity index (χ3n) is 2.39. The van der Waals surface area contributed by atoms with Gasteiger partial charge in [-0.2, -0.15) is 0 Å². The van der Waals surface area contributed by atoms with Crippen LogP contribution in [0.15, 0.2) is 24.3 Å². The number of nitrogens with one attached hydrogen (secondary N) is 2. The molecule has 1 aromatic carbocycles. The van der Waals surface area contributed by atoms with Gasteiger partial charge in [-0.05, 0) is 52.1 Å². The fourth-order valence-corrected chi connectivity index (χ4v) is 1.67. The van der Waals surface area contributed by atoms with Crippen LogP contribution in [0.3, 0.4) is 0 Å². The van der Waals surface area contributed by atoms with Crippen LogP contribution in [0.1, 0.15) is 31.1 Å². The summed E-state index contributed by atoms with van der Waals surface area (Å²) in [7, 11) is 1.93. The van der Waals surface area contributed by atoms with E-state index in [1.807, 2.05) is 31.3 Å². The third-order valence-corrected chi connectivity index (χ3v) is 2.39. The molecule has 16 heavy (non-hydrogen) atoms. The van der Waals surface area contributed by atoms with Crippen LogP contribution < -0.4 is 10.6 Å². The van der Waals surface area contributed by atoms with Crippen LogP contribution in [0.25, 0.3) is 0 Å². The van der Waals surface area contributed by atoms with Crippen molar-refractivity contribution in [3.05, 3.63) is 29.8 Å². The van der Waals surface area contributed by atoms with Crippen LogP contribution in [-0.4, -0.2) is 24.9 Å². The van der Waals surface area contributed by atoms with Gasteiger partial charge in [0.15, 0.2) is 5.78 Å². The molecule has 0 heterocycles. The molecule has 3 heteroatoms. The Bertz CT molecular complexity index is 355. The molecule has 0 atom stereocenters. The van der Waals surface area contributed by atoms with Crippen molar-refractivity contribution < 1.29 is 4.79 Å². The van der Waals surface area contributed by atoms with Crippen molar-refractivity contribution in [2.24, 2.45) is 0 Å². The van der Waals surface area contributed by atoms with Crippen LogP contribution in [0.5, 0.6) is 0 Å². The lowest BCUT2D eigenvalue weighted by molar-refractivity contribution is 0.101. The number of benzene rings is 1. The largest absolute Gasteiger partial charge is 0.379 e. The highest BCUT2D eigenvalue weighted by Gasteiger charge is 2.15. The van der Waals surface area contributed by atoms with E-state index in [4.69, 9.17) is 0 Å². The number of carbonyl (C=O) groups excluding carboxylic acids is 1. The van der Waals surface area contributed by atoms with Gasteiger partial charge in [-0.1, -0.05) is 0 Å². The molecule has 0 aliphatic carbocycles. The van der Waals surface area contributed by atoms with Gasteiger partial charge in [-0.15, -0.1) is 0 Å². The second-order valence-electron chi connectivity index (χ2n) is 4.67. The first kappa shape index (κ1) is 12.7. The molecule has 0 aromatic heterocycles. The first-order chi connectivity index (χ1) is 7.44. The molecule has 1 aromatic rings. The summed E-state index contributed by atoms with van der Waals surface area (Å²) in [5.41, 5.74) is 1.77. The SMILES string of the molecule is CNCC(C)(C)Nc1ccc(C(C)=O)cc1. The maximum Gasteiger partial charge on any atom is 0.159 e. The second-order valence-corrected chi connectivity index (χ2v) is 4.67. The van der Waals surface area contributed by atoms with Crippen LogP contribution in [-0.2, 0) is 0 Å². The number of ketones is 1. The molecule has 0 fully saturated rings. The Labute approximate surface area is 97.2 Å².